The zero-order chi connectivity index (χ0) is 24.2. The highest BCUT2D eigenvalue weighted by molar-refractivity contribution is 5.90. The van der Waals surface area contributed by atoms with E-state index in [0.717, 1.165) is 0 Å². The summed E-state index contributed by atoms with van der Waals surface area (Å²) < 4.78 is 16.8. The first kappa shape index (κ1) is 23.6. The molecule has 10 nitrogen and oxygen atoms in total. The van der Waals surface area contributed by atoms with Crippen molar-refractivity contribution in [2.24, 2.45) is 11.1 Å². The maximum Gasteiger partial charge on any atom is 0.404 e. The molecule has 174 valence electrons. The maximum absolute atomic E-state index is 11.7. The molecule has 0 spiro atoms. The number of nitrogens with zero attached hydrogens (tertiary/aromatic N) is 2. The minimum atomic E-state index is -1.11. The molecule has 0 aliphatic rings. The second kappa shape index (κ2) is 9.60. The molecule has 2 aromatic heterocycles. The van der Waals surface area contributed by atoms with Crippen LogP contribution in [-0.2, 0) is 0 Å². The minimum Gasteiger partial charge on any atom is -0.488 e. The van der Waals surface area contributed by atoms with Crippen LogP contribution in [0.4, 0.5) is 4.79 Å². The van der Waals surface area contributed by atoms with Gasteiger partial charge in [-0.15, -0.1) is 0 Å². The van der Waals surface area contributed by atoms with Crippen molar-refractivity contribution >= 4 is 12.0 Å². The Morgan fingerprint density at radius 1 is 1.15 bits per heavy atom. The predicted octanol–water partition coefficient (Wildman–Crippen LogP) is 3.57. The van der Waals surface area contributed by atoms with E-state index in [4.69, 9.17) is 24.7 Å². The second-order valence-electron chi connectivity index (χ2n) is 8.33. The van der Waals surface area contributed by atoms with Gasteiger partial charge in [0, 0.05) is 28.8 Å². The molecule has 0 saturated heterocycles. The summed E-state index contributed by atoms with van der Waals surface area (Å²) in [6, 6.07) is 10.4. The second-order valence-corrected chi connectivity index (χ2v) is 8.33. The molecule has 0 fully saturated rings. The number of oxazole rings is 1. The lowest BCUT2D eigenvalue weighted by atomic mass is 9.89. The van der Waals surface area contributed by atoms with Gasteiger partial charge in [0.2, 0.25) is 5.88 Å². The zero-order valence-corrected chi connectivity index (χ0v) is 18.8. The van der Waals surface area contributed by atoms with E-state index in [1.165, 1.54) is 7.11 Å². The lowest BCUT2D eigenvalue weighted by Gasteiger charge is -2.31. The molecular weight excluding hydrogens is 428 g/mol. The first-order chi connectivity index (χ1) is 15.6. The molecule has 33 heavy (non-hydrogen) atoms. The Labute approximate surface area is 190 Å². The van der Waals surface area contributed by atoms with E-state index in [0.29, 0.717) is 34.2 Å². The van der Waals surface area contributed by atoms with Crippen molar-refractivity contribution in [3.8, 4) is 34.2 Å². The quantitative estimate of drug-likeness (QED) is 0.467. The molecule has 1 unspecified atom stereocenters. The summed E-state index contributed by atoms with van der Waals surface area (Å²) in [4.78, 5) is 31.0. The number of pyridine rings is 1. The Morgan fingerprint density at radius 3 is 2.33 bits per heavy atom. The fourth-order valence-corrected chi connectivity index (χ4v) is 3.01. The average molecular weight is 454 g/mol. The number of rotatable bonds is 8. The van der Waals surface area contributed by atoms with Crippen molar-refractivity contribution < 1.29 is 28.6 Å². The number of primary amides is 1. The lowest BCUT2D eigenvalue weighted by molar-refractivity contribution is 0.0849. The number of hydrogen-bond acceptors (Lipinski definition) is 7. The summed E-state index contributed by atoms with van der Waals surface area (Å²) in [5.74, 6) is 0.327. The summed E-state index contributed by atoms with van der Waals surface area (Å²) in [5.41, 5.74) is 6.73. The predicted molar refractivity (Wildman–Crippen MR) is 120 cm³/mol. The number of nitrogens with one attached hydrogen (secondary N) is 1. The van der Waals surface area contributed by atoms with E-state index in [1.807, 2.05) is 20.8 Å². The zero-order valence-electron chi connectivity index (χ0n) is 18.8. The third-order valence-corrected chi connectivity index (χ3v) is 4.86. The van der Waals surface area contributed by atoms with Gasteiger partial charge in [0.1, 0.15) is 17.5 Å². The van der Waals surface area contributed by atoms with Gasteiger partial charge in [0.05, 0.1) is 13.7 Å². The molecule has 4 N–H and O–H groups in total. The number of amides is 2. The molecule has 3 rings (SSSR count). The summed E-state index contributed by atoms with van der Waals surface area (Å²) >= 11 is 0. The van der Waals surface area contributed by atoms with E-state index in [2.05, 4.69) is 15.3 Å². The smallest absolute Gasteiger partial charge is 0.404 e. The number of carboxylic acid groups (broad SMARTS) is 1. The van der Waals surface area contributed by atoms with Gasteiger partial charge >= 0.3 is 12.0 Å². The topological polar surface area (TPSA) is 150 Å². The van der Waals surface area contributed by atoms with E-state index < -0.39 is 18.1 Å². The Hall–Kier alpha value is -4.08. The number of aromatic nitrogens is 2. The third-order valence-electron chi connectivity index (χ3n) is 4.86. The Kier molecular flexibility index (Phi) is 6.86. The number of nitrogens with two attached hydrogens (primary N) is 1. The van der Waals surface area contributed by atoms with Gasteiger partial charge in [0.15, 0.2) is 5.76 Å². The maximum atomic E-state index is 11.7. The van der Waals surface area contributed by atoms with Crippen LogP contribution in [-0.4, -0.2) is 46.8 Å². The normalized spacial score (nSPS) is 12.1. The van der Waals surface area contributed by atoms with Crippen LogP contribution in [0.5, 0.6) is 11.6 Å². The largest absolute Gasteiger partial charge is 0.488 e. The molecule has 10 heteroatoms. The molecule has 0 aliphatic heterocycles. The molecule has 1 aromatic carbocycles. The average Bonchev–Trinajstić information content (AvgIpc) is 3.22. The first-order valence-corrected chi connectivity index (χ1v) is 10.1. The Morgan fingerprint density at radius 2 is 1.82 bits per heavy atom. The van der Waals surface area contributed by atoms with Crippen LogP contribution in [0.2, 0.25) is 0 Å². The SMILES string of the molecule is COc1ccc(-c2nc(C(N)=O)oc2-c2ccc(OC(CNC(=O)O)C(C)(C)C)cc2)cn1. The van der Waals surface area contributed by atoms with Gasteiger partial charge in [0.25, 0.3) is 5.89 Å². The number of ether oxygens (including phenoxy) is 2. The van der Waals surface area contributed by atoms with E-state index in [-0.39, 0.29) is 17.9 Å². The minimum absolute atomic E-state index is 0.138. The highest BCUT2D eigenvalue weighted by atomic mass is 16.5. The van der Waals surface area contributed by atoms with Gasteiger partial charge in [-0.25, -0.2) is 14.8 Å². The number of carbonyl (C=O) groups excluding carboxylic acids is 1. The van der Waals surface area contributed by atoms with Gasteiger partial charge in [-0.3, -0.25) is 4.79 Å². The van der Waals surface area contributed by atoms with E-state index >= 15 is 0 Å². The van der Waals surface area contributed by atoms with Crippen LogP contribution in [0.3, 0.4) is 0 Å². The van der Waals surface area contributed by atoms with Gasteiger partial charge in [-0.2, -0.15) is 0 Å². The molecule has 3 aromatic rings. The van der Waals surface area contributed by atoms with Crippen molar-refractivity contribution in [3.63, 3.8) is 0 Å². The monoisotopic (exact) mass is 454 g/mol. The summed E-state index contributed by atoms with van der Waals surface area (Å²) in [6.45, 7) is 6.03. The third kappa shape index (κ3) is 5.79. The Balaban J connectivity index is 1.90. The Bertz CT molecular complexity index is 1120. The van der Waals surface area contributed by atoms with Crippen LogP contribution in [0.15, 0.2) is 47.0 Å². The van der Waals surface area contributed by atoms with Gasteiger partial charge in [-0.1, -0.05) is 20.8 Å². The van der Waals surface area contributed by atoms with Crippen molar-refractivity contribution in [3.05, 3.63) is 48.5 Å². The molecular formula is C23H26N4O6. The number of benzene rings is 1. The van der Waals surface area contributed by atoms with E-state index in [1.54, 1.807) is 42.6 Å². The molecule has 0 aliphatic carbocycles. The van der Waals surface area contributed by atoms with Crippen LogP contribution < -0.4 is 20.5 Å². The van der Waals surface area contributed by atoms with Crippen molar-refractivity contribution in [1.82, 2.24) is 15.3 Å². The standard InChI is InChI=1S/C23H26N4O6/c1-23(2,3)16(12-26-22(29)30)32-15-8-5-13(6-9-15)19-18(27-21(33-19)20(24)28)14-7-10-17(31-4)25-11-14/h5-11,16,26H,12H2,1-4H3,(H2,24,28)(H,29,30). The van der Waals surface area contributed by atoms with Crippen LogP contribution in [0, 0.1) is 5.41 Å². The first-order valence-electron chi connectivity index (χ1n) is 10.1. The molecule has 1 atom stereocenters. The highest BCUT2D eigenvalue weighted by Crippen LogP contribution is 2.34. The summed E-state index contributed by atoms with van der Waals surface area (Å²) in [6.07, 6.45) is 0.0534. The summed E-state index contributed by atoms with van der Waals surface area (Å²) in [7, 11) is 1.51. The van der Waals surface area contributed by atoms with Crippen LogP contribution >= 0.6 is 0 Å². The van der Waals surface area contributed by atoms with Gasteiger partial charge < -0.3 is 30.0 Å². The van der Waals surface area contributed by atoms with E-state index in [9.17, 15) is 9.59 Å². The molecule has 0 bridgehead atoms. The fraction of sp³-hybridized carbons (Fsp3) is 0.304. The van der Waals surface area contributed by atoms with Gasteiger partial charge in [-0.05, 0) is 30.3 Å². The summed E-state index contributed by atoms with van der Waals surface area (Å²) in [5, 5.41) is 11.3. The lowest BCUT2D eigenvalue weighted by Crippen LogP contribution is -2.42. The van der Waals surface area contributed by atoms with Crippen molar-refractivity contribution in [2.45, 2.75) is 26.9 Å². The molecule has 2 amide bonds. The fourth-order valence-electron chi connectivity index (χ4n) is 3.01. The number of hydrogen-bond donors (Lipinski definition) is 3. The number of carbonyl (C=O) groups is 2. The van der Waals surface area contributed by atoms with Crippen molar-refractivity contribution in [1.29, 1.82) is 0 Å². The number of methoxy groups -OCH3 is 1. The molecule has 0 radical (unpaired) electrons. The van der Waals surface area contributed by atoms with Crippen molar-refractivity contribution in [2.75, 3.05) is 13.7 Å². The highest BCUT2D eigenvalue weighted by Gasteiger charge is 2.27. The van der Waals surface area contributed by atoms with Crippen LogP contribution in [0.25, 0.3) is 22.6 Å². The van der Waals surface area contributed by atoms with Crippen LogP contribution in [0.1, 0.15) is 31.5 Å². The molecule has 2 heterocycles. The molecule has 0 saturated carbocycles.